The van der Waals surface area contributed by atoms with Gasteiger partial charge in [-0.05, 0) is 42.0 Å². The van der Waals surface area contributed by atoms with Crippen molar-refractivity contribution in [2.45, 2.75) is 6.54 Å². The summed E-state index contributed by atoms with van der Waals surface area (Å²) in [6.07, 6.45) is 0. The number of nitrogens with zero attached hydrogens (tertiary/aromatic N) is 2. The molecule has 0 bridgehead atoms. The number of carbonyl (C=O) groups is 1. The molecule has 1 N–H and O–H groups in total. The van der Waals surface area contributed by atoms with Crippen LogP contribution in [-0.4, -0.2) is 31.2 Å². The molecule has 24 heavy (non-hydrogen) atoms. The van der Waals surface area contributed by atoms with Crippen LogP contribution in [-0.2, 0) is 6.54 Å². The Morgan fingerprint density at radius 1 is 1.17 bits per heavy atom. The van der Waals surface area contributed by atoms with Crippen molar-refractivity contribution in [3.8, 4) is 17.6 Å². The number of urea groups is 1. The molecule has 0 fully saturated rings. The fourth-order valence-electron chi connectivity index (χ4n) is 2.38. The maximum atomic E-state index is 12.3. The van der Waals surface area contributed by atoms with Gasteiger partial charge in [-0.25, -0.2) is 4.79 Å². The molecule has 6 heteroatoms. The molecule has 122 valence electrons. The number of nitriles is 1. The molecular weight excluding hydrogens is 306 g/mol. The van der Waals surface area contributed by atoms with Gasteiger partial charge in [0.05, 0.1) is 11.6 Å². The number of rotatable bonds is 3. The quantitative estimate of drug-likeness (QED) is 0.942. The van der Waals surface area contributed by atoms with Crippen molar-refractivity contribution in [3.63, 3.8) is 0 Å². The zero-order valence-electron chi connectivity index (χ0n) is 13.3. The minimum Gasteiger partial charge on any atom is -0.486 e. The largest absolute Gasteiger partial charge is 0.486 e. The Morgan fingerprint density at radius 3 is 2.58 bits per heavy atom. The standard InChI is InChI=1S/C18H17N3O3/c1-21(18(22)20-15-5-2-13(11-19)3-6-15)12-14-4-7-16-17(10-14)24-9-8-23-16/h2-7,10H,8-9,12H2,1H3,(H,20,22). The molecule has 0 saturated heterocycles. The highest BCUT2D eigenvalue weighted by Gasteiger charge is 2.14. The van der Waals surface area contributed by atoms with Crippen LogP contribution in [0.2, 0.25) is 0 Å². The number of hydrogen-bond acceptors (Lipinski definition) is 4. The van der Waals surface area contributed by atoms with Gasteiger partial charge in [0.25, 0.3) is 0 Å². The highest BCUT2D eigenvalue weighted by molar-refractivity contribution is 5.89. The van der Waals surface area contributed by atoms with E-state index in [4.69, 9.17) is 14.7 Å². The fraction of sp³-hybridized carbons (Fsp3) is 0.222. The molecule has 2 aromatic carbocycles. The van der Waals surface area contributed by atoms with Gasteiger partial charge in [-0.15, -0.1) is 0 Å². The molecule has 1 heterocycles. The molecule has 0 spiro atoms. The lowest BCUT2D eigenvalue weighted by molar-refractivity contribution is 0.171. The molecule has 0 radical (unpaired) electrons. The summed E-state index contributed by atoms with van der Waals surface area (Å²) in [6.45, 7) is 1.53. The van der Waals surface area contributed by atoms with Gasteiger partial charge in [-0.1, -0.05) is 6.07 Å². The summed E-state index contributed by atoms with van der Waals surface area (Å²) in [5.41, 5.74) is 2.15. The lowest BCUT2D eigenvalue weighted by Gasteiger charge is -2.21. The van der Waals surface area contributed by atoms with Gasteiger partial charge in [0.2, 0.25) is 0 Å². The highest BCUT2D eigenvalue weighted by atomic mass is 16.6. The minimum absolute atomic E-state index is 0.227. The first kappa shape index (κ1) is 15.7. The molecule has 0 unspecified atom stereocenters. The van der Waals surface area contributed by atoms with E-state index in [1.165, 1.54) is 0 Å². The van der Waals surface area contributed by atoms with Gasteiger partial charge in [-0.3, -0.25) is 0 Å². The van der Waals surface area contributed by atoms with E-state index in [-0.39, 0.29) is 6.03 Å². The summed E-state index contributed by atoms with van der Waals surface area (Å²) < 4.78 is 11.0. The lowest BCUT2D eigenvalue weighted by Crippen LogP contribution is -2.30. The Balaban J connectivity index is 1.62. The van der Waals surface area contributed by atoms with Crippen LogP contribution < -0.4 is 14.8 Å². The third-order valence-electron chi connectivity index (χ3n) is 3.64. The molecule has 2 amide bonds. The van der Waals surface area contributed by atoms with Gasteiger partial charge in [0.1, 0.15) is 13.2 Å². The zero-order valence-corrected chi connectivity index (χ0v) is 13.3. The van der Waals surface area contributed by atoms with E-state index in [0.29, 0.717) is 36.8 Å². The van der Waals surface area contributed by atoms with Crippen LogP contribution in [0.15, 0.2) is 42.5 Å². The predicted octanol–water partition coefficient (Wildman–Crippen LogP) is 2.99. The van der Waals surface area contributed by atoms with E-state index in [2.05, 4.69) is 5.32 Å². The number of anilines is 1. The molecule has 1 aliphatic rings. The van der Waals surface area contributed by atoms with Gasteiger partial charge in [0, 0.05) is 19.3 Å². The molecule has 0 aliphatic carbocycles. The molecule has 0 aromatic heterocycles. The van der Waals surface area contributed by atoms with Crippen LogP contribution in [0, 0.1) is 11.3 Å². The second-order valence-electron chi connectivity index (χ2n) is 5.45. The smallest absolute Gasteiger partial charge is 0.321 e. The number of hydrogen-bond donors (Lipinski definition) is 1. The van der Waals surface area contributed by atoms with E-state index in [1.54, 1.807) is 36.2 Å². The van der Waals surface area contributed by atoms with Crippen molar-refractivity contribution < 1.29 is 14.3 Å². The van der Waals surface area contributed by atoms with E-state index >= 15 is 0 Å². The molecule has 0 saturated carbocycles. The van der Waals surface area contributed by atoms with Gasteiger partial charge >= 0.3 is 6.03 Å². The maximum Gasteiger partial charge on any atom is 0.321 e. The molecule has 2 aromatic rings. The number of fused-ring (bicyclic) bond motifs is 1. The molecular formula is C18H17N3O3. The monoisotopic (exact) mass is 323 g/mol. The Hall–Kier alpha value is -3.20. The van der Waals surface area contributed by atoms with Crippen molar-refractivity contribution in [1.29, 1.82) is 5.26 Å². The molecule has 0 atom stereocenters. The van der Waals surface area contributed by atoms with E-state index in [0.717, 1.165) is 11.3 Å². The number of carbonyl (C=O) groups excluding carboxylic acids is 1. The minimum atomic E-state index is -0.227. The zero-order chi connectivity index (χ0) is 16.9. The van der Waals surface area contributed by atoms with E-state index in [9.17, 15) is 4.79 Å². The first-order chi connectivity index (χ1) is 11.7. The number of ether oxygens (including phenoxy) is 2. The van der Waals surface area contributed by atoms with Crippen LogP contribution in [0.1, 0.15) is 11.1 Å². The summed E-state index contributed by atoms with van der Waals surface area (Å²) in [4.78, 5) is 13.8. The maximum absolute atomic E-state index is 12.3. The van der Waals surface area contributed by atoms with Crippen LogP contribution >= 0.6 is 0 Å². The van der Waals surface area contributed by atoms with Crippen LogP contribution in [0.5, 0.6) is 11.5 Å². The van der Waals surface area contributed by atoms with Crippen molar-refractivity contribution in [2.75, 3.05) is 25.6 Å². The van der Waals surface area contributed by atoms with Crippen molar-refractivity contribution in [1.82, 2.24) is 4.90 Å². The first-order valence-corrected chi connectivity index (χ1v) is 7.56. The third kappa shape index (κ3) is 3.58. The highest BCUT2D eigenvalue weighted by Crippen LogP contribution is 2.31. The first-order valence-electron chi connectivity index (χ1n) is 7.56. The number of benzene rings is 2. The van der Waals surface area contributed by atoms with Crippen molar-refractivity contribution in [3.05, 3.63) is 53.6 Å². The van der Waals surface area contributed by atoms with Crippen LogP contribution in [0.3, 0.4) is 0 Å². The van der Waals surface area contributed by atoms with Crippen LogP contribution in [0.4, 0.5) is 10.5 Å². The second-order valence-corrected chi connectivity index (χ2v) is 5.45. The van der Waals surface area contributed by atoms with E-state index < -0.39 is 0 Å². The number of amides is 2. The van der Waals surface area contributed by atoms with Gasteiger partial charge in [-0.2, -0.15) is 5.26 Å². The average molecular weight is 323 g/mol. The average Bonchev–Trinajstić information content (AvgIpc) is 2.62. The summed E-state index contributed by atoms with van der Waals surface area (Å²) in [6, 6.07) is 14.2. The Morgan fingerprint density at radius 2 is 1.88 bits per heavy atom. The van der Waals surface area contributed by atoms with Gasteiger partial charge in [0.15, 0.2) is 11.5 Å². The lowest BCUT2D eigenvalue weighted by atomic mass is 10.2. The van der Waals surface area contributed by atoms with E-state index in [1.807, 2.05) is 24.3 Å². The Bertz CT molecular complexity index is 781. The second kappa shape index (κ2) is 6.92. The molecule has 1 aliphatic heterocycles. The third-order valence-corrected chi connectivity index (χ3v) is 3.64. The summed E-state index contributed by atoms with van der Waals surface area (Å²) in [7, 11) is 1.72. The van der Waals surface area contributed by atoms with Gasteiger partial charge < -0.3 is 19.7 Å². The van der Waals surface area contributed by atoms with Crippen LogP contribution in [0.25, 0.3) is 0 Å². The summed E-state index contributed by atoms with van der Waals surface area (Å²) in [5.74, 6) is 1.44. The SMILES string of the molecule is CN(Cc1ccc2c(c1)OCCO2)C(=O)Nc1ccc(C#N)cc1. The Kier molecular flexibility index (Phi) is 4.52. The number of nitrogens with one attached hydrogen (secondary N) is 1. The Labute approximate surface area is 140 Å². The van der Waals surface area contributed by atoms with Crippen molar-refractivity contribution in [2.24, 2.45) is 0 Å². The summed E-state index contributed by atoms with van der Waals surface area (Å²) >= 11 is 0. The predicted molar refractivity (Wildman–Crippen MR) is 89.1 cm³/mol. The topological polar surface area (TPSA) is 74.6 Å². The van der Waals surface area contributed by atoms with Crippen molar-refractivity contribution >= 4 is 11.7 Å². The fourth-order valence-corrected chi connectivity index (χ4v) is 2.38. The molecule has 6 nitrogen and oxygen atoms in total. The normalized spacial score (nSPS) is 12.2. The molecule has 3 rings (SSSR count). The summed E-state index contributed by atoms with van der Waals surface area (Å²) in [5, 5.41) is 11.6.